The molecule has 0 N–H and O–H groups in total. The molecule has 3 nitrogen and oxygen atoms in total. The van der Waals surface area contributed by atoms with Gasteiger partial charge in [-0.2, -0.15) is 0 Å². The van der Waals surface area contributed by atoms with Gasteiger partial charge < -0.3 is 14.4 Å². The van der Waals surface area contributed by atoms with Crippen LogP contribution in [0.3, 0.4) is 0 Å². The first kappa shape index (κ1) is 9.96. The van der Waals surface area contributed by atoms with Crippen LogP contribution in [0.15, 0.2) is 0 Å². The minimum atomic E-state index is 0.368. The standard InChI is InChI=1S/C9H19NO2/c1-10(2)6-4-3-5-9-7-11-8-12-9/h9H,3-8H2,1-2H3. The highest BCUT2D eigenvalue weighted by molar-refractivity contribution is 4.60. The molecule has 1 rings (SSSR count). The van der Waals surface area contributed by atoms with E-state index in [1.807, 2.05) is 0 Å². The number of rotatable bonds is 5. The number of unbranched alkanes of at least 4 members (excludes halogenated alkanes) is 1. The quantitative estimate of drug-likeness (QED) is 0.581. The SMILES string of the molecule is CN(C)CCCCC1COCO1. The molecule has 1 aliphatic rings. The van der Waals surface area contributed by atoms with Gasteiger partial charge in [-0.25, -0.2) is 0 Å². The smallest absolute Gasteiger partial charge is 0.147 e. The molecule has 72 valence electrons. The summed E-state index contributed by atoms with van der Waals surface area (Å²) in [5.41, 5.74) is 0. The number of hydrogen-bond acceptors (Lipinski definition) is 3. The second-order valence-corrected chi connectivity index (χ2v) is 3.58. The predicted molar refractivity (Wildman–Crippen MR) is 48.1 cm³/mol. The second-order valence-electron chi connectivity index (χ2n) is 3.58. The van der Waals surface area contributed by atoms with Crippen molar-refractivity contribution >= 4 is 0 Å². The summed E-state index contributed by atoms with van der Waals surface area (Å²) in [7, 11) is 4.21. The lowest BCUT2D eigenvalue weighted by molar-refractivity contribution is 0.0439. The molecule has 0 aromatic carbocycles. The van der Waals surface area contributed by atoms with E-state index in [2.05, 4.69) is 19.0 Å². The molecule has 0 aromatic rings. The van der Waals surface area contributed by atoms with Crippen LogP contribution in [-0.4, -0.2) is 45.0 Å². The zero-order valence-electron chi connectivity index (χ0n) is 8.08. The highest BCUT2D eigenvalue weighted by Crippen LogP contribution is 2.10. The summed E-state index contributed by atoms with van der Waals surface area (Å²) in [6.07, 6.45) is 4.01. The van der Waals surface area contributed by atoms with Crippen molar-refractivity contribution in [1.82, 2.24) is 4.90 Å². The van der Waals surface area contributed by atoms with Gasteiger partial charge in [0.2, 0.25) is 0 Å². The summed E-state index contributed by atoms with van der Waals surface area (Å²) in [4.78, 5) is 2.21. The van der Waals surface area contributed by atoms with Gasteiger partial charge in [0.15, 0.2) is 0 Å². The largest absolute Gasteiger partial charge is 0.353 e. The fourth-order valence-corrected chi connectivity index (χ4v) is 1.34. The third-order valence-corrected chi connectivity index (χ3v) is 2.07. The molecule has 0 bridgehead atoms. The van der Waals surface area contributed by atoms with Gasteiger partial charge in [0.05, 0.1) is 12.7 Å². The van der Waals surface area contributed by atoms with Gasteiger partial charge in [-0.15, -0.1) is 0 Å². The Bertz CT molecular complexity index is 111. The van der Waals surface area contributed by atoms with E-state index in [9.17, 15) is 0 Å². The van der Waals surface area contributed by atoms with Crippen molar-refractivity contribution in [2.75, 3.05) is 34.0 Å². The molecule has 0 radical (unpaired) electrons. The molecule has 0 spiro atoms. The Morgan fingerprint density at radius 2 is 2.17 bits per heavy atom. The van der Waals surface area contributed by atoms with Crippen LogP contribution in [0.4, 0.5) is 0 Å². The minimum absolute atomic E-state index is 0.368. The summed E-state index contributed by atoms with van der Waals surface area (Å²) in [6, 6.07) is 0. The van der Waals surface area contributed by atoms with Gasteiger partial charge in [0.25, 0.3) is 0 Å². The van der Waals surface area contributed by atoms with Gasteiger partial charge in [0.1, 0.15) is 6.79 Å². The highest BCUT2D eigenvalue weighted by atomic mass is 16.7. The van der Waals surface area contributed by atoms with E-state index in [0.717, 1.165) is 13.0 Å². The lowest BCUT2D eigenvalue weighted by Crippen LogP contribution is -2.14. The third kappa shape index (κ3) is 4.04. The molecule has 1 aliphatic heterocycles. The summed E-state index contributed by atoms with van der Waals surface area (Å²) >= 11 is 0. The van der Waals surface area contributed by atoms with Crippen molar-refractivity contribution in [2.45, 2.75) is 25.4 Å². The van der Waals surface area contributed by atoms with E-state index in [4.69, 9.17) is 9.47 Å². The molecule has 12 heavy (non-hydrogen) atoms. The lowest BCUT2D eigenvalue weighted by Gasteiger charge is -2.10. The Balaban J connectivity index is 1.88. The first-order valence-electron chi connectivity index (χ1n) is 4.63. The minimum Gasteiger partial charge on any atom is -0.353 e. The summed E-state index contributed by atoms with van der Waals surface area (Å²) < 4.78 is 10.4. The molecule has 0 aliphatic carbocycles. The van der Waals surface area contributed by atoms with Crippen molar-refractivity contribution in [2.24, 2.45) is 0 Å². The van der Waals surface area contributed by atoms with Gasteiger partial charge in [0, 0.05) is 0 Å². The molecular formula is C9H19NO2. The summed E-state index contributed by atoms with van der Waals surface area (Å²) in [6.45, 7) is 2.47. The Labute approximate surface area is 74.6 Å². The predicted octanol–water partition coefficient (Wildman–Crippen LogP) is 1.09. The second kappa shape index (κ2) is 5.51. The summed E-state index contributed by atoms with van der Waals surface area (Å²) in [5, 5.41) is 0. The van der Waals surface area contributed by atoms with E-state index in [-0.39, 0.29) is 0 Å². The zero-order chi connectivity index (χ0) is 8.81. The van der Waals surface area contributed by atoms with Gasteiger partial charge in [-0.05, 0) is 39.9 Å². The lowest BCUT2D eigenvalue weighted by atomic mass is 10.1. The average molecular weight is 173 g/mol. The van der Waals surface area contributed by atoms with Crippen molar-refractivity contribution in [1.29, 1.82) is 0 Å². The van der Waals surface area contributed by atoms with Crippen LogP contribution in [0.25, 0.3) is 0 Å². The number of ether oxygens (including phenoxy) is 2. The Hall–Kier alpha value is -0.120. The van der Waals surface area contributed by atoms with Crippen LogP contribution in [0.2, 0.25) is 0 Å². The number of hydrogen-bond donors (Lipinski definition) is 0. The van der Waals surface area contributed by atoms with Crippen LogP contribution in [0.5, 0.6) is 0 Å². The fourth-order valence-electron chi connectivity index (χ4n) is 1.34. The molecule has 1 unspecified atom stereocenters. The molecule has 1 heterocycles. The molecule has 0 aromatic heterocycles. The maximum absolute atomic E-state index is 5.32. The van der Waals surface area contributed by atoms with E-state index < -0.39 is 0 Å². The van der Waals surface area contributed by atoms with Crippen molar-refractivity contribution in [3.05, 3.63) is 0 Å². The monoisotopic (exact) mass is 173 g/mol. The Morgan fingerprint density at radius 3 is 2.75 bits per heavy atom. The third-order valence-electron chi connectivity index (χ3n) is 2.07. The maximum atomic E-state index is 5.32. The van der Waals surface area contributed by atoms with E-state index in [0.29, 0.717) is 12.9 Å². The van der Waals surface area contributed by atoms with E-state index in [1.165, 1.54) is 19.4 Å². The van der Waals surface area contributed by atoms with Crippen molar-refractivity contribution in [3.63, 3.8) is 0 Å². The van der Waals surface area contributed by atoms with Crippen molar-refractivity contribution in [3.8, 4) is 0 Å². The molecular weight excluding hydrogens is 154 g/mol. The molecule has 1 saturated heterocycles. The topological polar surface area (TPSA) is 21.7 Å². The molecule has 3 heteroatoms. The molecule has 1 fully saturated rings. The fraction of sp³-hybridized carbons (Fsp3) is 1.00. The maximum Gasteiger partial charge on any atom is 0.147 e. The molecule has 1 atom stereocenters. The molecule has 0 amide bonds. The zero-order valence-corrected chi connectivity index (χ0v) is 8.08. The van der Waals surface area contributed by atoms with Crippen LogP contribution in [0.1, 0.15) is 19.3 Å². The van der Waals surface area contributed by atoms with Gasteiger partial charge in [-0.3, -0.25) is 0 Å². The first-order chi connectivity index (χ1) is 5.79. The average Bonchev–Trinajstić information content (AvgIpc) is 2.49. The first-order valence-corrected chi connectivity index (χ1v) is 4.63. The van der Waals surface area contributed by atoms with Gasteiger partial charge >= 0.3 is 0 Å². The Kier molecular flexibility index (Phi) is 4.58. The van der Waals surface area contributed by atoms with Gasteiger partial charge in [-0.1, -0.05) is 0 Å². The van der Waals surface area contributed by atoms with E-state index >= 15 is 0 Å². The molecule has 0 saturated carbocycles. The Morgan fingerprint density at radius 1 is 1.33 bits per heavy atom. The van der Waals surface area contributed by atoms with E-state index in [1.54, 1.807) is 0 Å². The van der Waals surface area contributed by atoms with Crippen molar-refractivity contribution < 1.29 is 9.47 Å². The van der Waals surface area contributed by atoms with Crippen LogP contribution < -0.4 is 0 Å². The summed E-state index contributed by atoms with van der Waals surface area (Å²) in [5.74, 6) is 0. The van der Waals surface area contributed by atoms with Crippen LogP contribution >= 0.6 is 0 Å². The normalized spacial score (nSPS) is 23.8. The van der Waals surface area contributed by atoms with Crippen LogP contribution in [-0.2, 0) is 9.47 Å². The number of nitrogens with zero attached hydrogens (tertiary/aromatic N) is 1. The highest BCUT2D eigenvalue weighted by Gasteiger charge is 2.14. The van der Waals surface area contributed by atoms with Crippen LogP contribution in [0, 0.1) is 0 Å².